The summed E-state index contributed by atoms with van der Waals surface area (Å²) in [5.41, 5.74) is 6.12. The largest absolute Gasteiger partial charge is 0.389 e. The van der Waals surface area contributed by atoms with Crippen molar-refractivity contribution < 1.29 is 12.8 Å². The number of sulfone groups is 1. The zero-order chi connectivity index (χ0) is 13.9. The number of rotatable bonds is 5. The van der Waals surface area contributed by atoms with Crippen molar-refractivity contribution in [2.75, 3.05) is 30.5 Å². The number of nitrogens with two attached hydrogens (primary N) is 1. The highest BCUT2D eigenvalue weighted by atomic mass is 32.2. The Labute approximate surface area is 112 Å². The summed E-state index contributed by atoms with van der Waals surface area (Å²) in [6.07, 6.45) is 1.15. The summed E-state index contributed by atoms with van der Waals surface area (Å²) >= 11 is 4.81. The molecular weight excluding hydrogens is 275 g/mol. The second-order valence-electron chi connectivity index (χ2n) is 4.05. The highest BCUT2D eigenvalue weighted by Crippen LogP contribution is 2.22. The monoisotopic (exact) mass is 290 g/mol. The molecule has 100 valence electrons. The first-order chi connectivity index (χ1) is 8.22. The van der Waals surface area contributed by atoms with Gasteiger partial charge in [-0.1, -0.05) is 18.3 Å². The molecule has 0 heterocycles. The quantitative estimate of drug-likeness (QED) is 0.818. The predicted octanol–water partition coefficient (Wildman–Crippen LogP) is 0.941. The fourth-order valence-corrected chi connectivity index (χ4v) is 2.31. The van der Waals surface area contributed by atoms with E-state index in [9.17, 15) is 12.8 Å². The summed E-state index contributed by atoms with van der Waals surface area (Å²) in [7, 11) is -1.40. The highest BCUT2D eigenvalue weighted by molar-refractivity contribution is 7.90. The Morgan fingerprint density at radius 3 is 2.61 bits per heavy atom. The molecule has 4 nitrogen and oxygen atoms in total. The molecule has 0 amide bonds. The van der Waals surface area contributed by atoms with E-state index in [1.807, 2.05) is 0 Å². The van der Waals surface area contributed by atoms with Gasteiger partial charge in [-0.05, 0) is 12.1 Å². The van der Waals surface area contributed by atoms with Crippen LogP contribution in [0, 0.1) is 5.82 Å². The summed E-state index contributed by atoms with van der Waals surface area (Å²) < 4.78 is 35.8. The van der Waals surface area contributed by atoms with Crippen LogP contribution < -0.4 is 10.6 Å². The number of hydrogen-bond acceptors (Lipinski definition) is 4. The van der Waals surface area contributed by atoms with Gasteiger partial charge in [0.25, 0.3) is 0 Å². The minimum absolute atomic E-state index is 0.0171. The molecule has 0 saturated carbocycles. The lowest BCUT2D eigenvalue weighted by atomic mass is 10.1. The lowest BCUT2D eigenvalue weighted by Gasteiger charge is -2.22. The van der Waals surface area contributed by atoms with Crippen molar-refractivity contribution >= 4 is 32.7 Å². The van der Waals surface area contributed by atoms with E-state index in [4.69, 9.17) is 18.0 Å². The van der Waals surface area contributed by atoms with E-state index >= 15 is 0 Å². The summed E-state index contributed by atoms with van der Waals surface area (Å²) in [4.78, 5) is 1.58. The maximum absolute atomic E-state index is 13.6. The SMILES string of the molecule is CN(CCS(C)(=O)=O)c1cccc(F)c1C(N)=S. The molecule has 2 N–H and O–H groups in total. The highest BCUT2D eigenvalue weighted by Gasteiger charge is 2.15. The van der Waals surface area contributed by atoms with Gasteiger partial charge in [-0.3, -0.25) is 0 Å². The molecule has 0 atom stereocenters. The molecule has 1 aromatic rings. The second kappa shape index (κ2) is 5.62. The third kappa shape index (κ3) is 3.92. The van der Waals surface area contributed by atoms with Gasteiger partial charge in [0, 0.05) is 25.5 Å². The van der Waals surface area contributed by atoms with Crippen LogP contribution in [0.5, 0.6) is 0 Å². The normalized spacial score (nSPS) is 11.3. The van der Waals surface area contributed by atoms with Crippen LogP contribution in [0.1, 0.15) is 5.56 Å². The number of hydrogen-bond donors (Lipinski definition) is 1. The maximum Gasteiger partial charge on any atom is 0.149 e. The van der Waals surface area contributed by atoms with Gasteiger partial charge in [-0.25, -0.2) is 12.8 Å². The third-order valence-electron chi connectivity index (χ3n) is 2.45. The lowest BCUT2D eigenvalue weighted by molar-refractivity contribution is 0.601. The van der Waals surface area contributed by atoms with Crippen LogP contribution in [0.4, 0.5) is 10.1 Å². The Kier molecular flexibility index (Phi) is 4.64. The molecule has 1 aromatic carbocycles. The van der Waals surface area contributed by atoms with E-state index in [1.165, 1.54) is 12.1 Å². The molecule has 1 rings (SSSR count). The van der Waals surface area contributed by atoms with Gasteiger partial charge in [-0.15, -0.1) is 0 Å². The molecule has 0 aliphatic rings. The van der Waals surface area contributed by atoms with E-state index in [0.29, 0.717) is 5.69 Å². The average molecular weight is 290 g/mol. The van der Waals surface area contributed by atoms with Gasteiger partial charge < -0.3 is 10.6 Å². The van der Waals surface area contributed by atoms with E-state index in [2.05, 4.69) is 0 Å². The zero-order valence-electron chi connectivity index (χ0n) is 10.2. The number of halogens is 1. The van der Waals surface area contributed by atoms with E-state index in [1.54, 1.807) is 18.0 Å². The zero-order valence-corrected chi connectivity index (χ0v) is 11.8. The third-order valence-corrected chi connectivity index (χ3v) is 3.58. The van der Waals surface area contributed by atoms with Crippen molar-refractivity contribution in [3.05, 3.63) is 29.6 Å². The molecule has 0 spiro atoms. The Bertz CT molecular complexity index is 558. The molecule has 0 aromatic heterocycles. The van der Waals surface area contributed by atoms with Gasteiger partial charge in [0.15, 0.2) is 0 Å². The minimum Gasteiger partial charge on any atom is -0.389 e. The summed E-state index contributed by atoms with van der Waals surface area (Å²) in [6, 6.07) is 4.45. The Morgan fingerprint density at radius 2 is 2.11 bits per heavy atom. The smallest absolute Gasteiger partial charge is 0.149 e. The van der Waals surface area contributed by atoms with Crippen molar-refractivity contribution in [1.29, 1.82) is 0 Å². The van der Waals surface area contributed by atoms with Gasteiger partial charge in [0.2, 0.25) is 0 Å². The Morgan fingerprint density at radius 1 is 1.50 bits per heavy atom. The average Bonchev–Trinajstić information content (AvgIpc) is 2.24. The predicted molar refractivity (Wildman–Crippen MR) is 75.3 cm³/mol. The van der Waals surface area contributed by atoms with E-state index < -0.39 is 15.7 Å². The van der Waals surface area contributed by atoms with Crippen LogP contribution in [-0.4, -0.2) is 39.0 Å². The van der Waals surface area contributed by atoms with Gasteiger partial charge in [0.05, 0.1) is 11.3 Å². The molecule has 18 heavy (non-hydrogen) atoms. The van der Waals surface area contributed by atoms with Crippen molar-refractivity contribution in [3.8, 4) is 0 Å². The van der Waals surface area contributed by atoms with Gasteiger partial charge >= 0.3 is 0 Å². The Balaban J connectivity index is 3.02. The van der Waals surface area contributed by atoms with Crippen molar-refractivity contribution in [3.63, 3.8) is 0 Å². The van der Waals surface area contributed by atoms with Crippen LogP contribution >= 0.6 is 12.2 Å². The van der Waals surface area contributed by atoms with Crippen LogP contribution in [-0.2, 0) is 9.84 Å². The first-order valence-electron chi connectivity index (χ1n) is 5.19. The number of benzene rings is 1. The van der Waals surface area contributed by atoms with Crippen molar-refractivity contribution in [2.24, 2.45) is 5.73 Å². The number of anilines is 1. The van der Waals surface area contributed by atoms with E-state index in [-0.39, 0.29) is 22.8 Å². The molecule has 0 unspecified atom stereocenters. The first-order valence-corrected chi connectivity index (χ1v) is 7.66. The minimum atomic E-state index is -3.07. The topological polar surface area (TPSA) is 63.4 Å². The van der Waals surface area contributed by atoms with Crippen LogP contribution in [0.25, 0.3) is 0 Å². The van der Waals surface area contributed by atoms with Crippen LogP contribution in [0.2, 0.25) is 0 Å². The molecule has 0 aliphatic heterocycles. The molecule has 0 bridgehead atoms. The molecule has 0 fully saturated rings. The maximum atomic E-state index is 13.6. The molecule has 0 saturated heterocycles. The lowest BCUT2D eigenvalue weighted by Crippen LogP contribution is -2.27. The standard InChI is InChI=1S/C11H15FN2O2S2/c1-14(6-7-18(2,15)16)9-5-3-4-8(12)10(9)11(13)17/h3-5H,6-7H2,1-2H3,(H2,13,17). The van der Waals surface area contributed by atoms with Gasteiger partial charge in [0.1, 0.15) is 20.6 Å². The number of nitrogens with zero attached hydrogens (tertiary/aromatic N) is 1. The molecule has 0 aliphatic carbocycles. The summed E-state index contributed by atoms with van der Waals surface area (Å²) in [5, 5.41) is 0. The molecule has 7 heteroatoms. The van der Waals surface area contributed by atoms with Gasteiger partial charge in [-0.2, -0.15) is 0 Å². The first kappa shape index (κ1) is 14.8. The van der Waals surface area contributed by atoms with Crippen molar-refractivity contribution in [2.45, 2.75) is 0 Å². The van der Waals surface area contributed by atoms with E-state index in [0.717, 1.165) is 6.26 Å². The molecule has 0 radical (unpaired) electrons. The molecular formula is C11H15FN2O2S2. The Hall–Kier alpha value is -1.21. The second-order valence-corrected chi connectivity index (χ2v) is 6.75. The number of thiocarbonyl (C=S) groups is 1. The summed E-state index contributed by atoms with van der Waals surface area (Å²) in [5.74, 6) is -0.525. The van der Waals surface area contributed by atoms with Crippen molar-refractivity contribution in [1.82, 2.24) is 0 Å². The fraction of sp³-hybridized carbons (Fsp3) is 0.364. The van der Waals surface area contributed by atoms with Crippen LogP contribution in [0.3, 0.4) is 0 Å². The summed E-state index contributed by atoms with van der Waals surface area (Å²) in [6.45, 7) is 0.248. The fourth-order valence-electron chi connectivity index (χ4n) is 1.50. The van der Waals surface area contributed by atoms with Crippen LogP contribution in [0.15, 0.2) is 18.2 Å².